The first-order chi connectivity index (χ1) is 8.97. The molecular weight excluding hydrogens is 266 g/mol. The van der Waals surface area contributed by atoms with Crippen molar-refractivity contribution in [1.29, 1.82) is 0 Å². The number of carbonyl (C=O) groups is 2. The van der Waals surface area contributed by atoms with Gasteiger partial charge in [0.15, 0.2) is 0 Å². The summed E-state index contributed by atoms with van der Waals surface area (Å²) in [6.45, 7) is 1.83. The van der Waals surface area contributed by atoms with E-state index in [-0.39, 0.29) is 11.9 Å². The van der Waals surface area contributed by atoms with Crippen molar-refractivity contribution in [1.82, 2.24) is 5.32 Å². The highest BCUT2D eigenvalue weighted by atomic mass is 35.5. The Hall–Kier alpha value is -1.81. The molecule has 5 heteroatoms. The van der Waals surface area contributed by atoms with Gasteiger partial charge >= 0.3 is 5.97 Å². The molecule has 0 heterocycles. The number of halogens is 1. The summed E-state index contributed by atoms with van der Waals surface area (Å²) < 4.78 is 0. The number of amides is 1. The third-order valence-corrected chi connectivity index (χ3v) is 3.40. The van der Waals surface area contributed by atoms with Crippen molar-refractivity contribution in [2.24, 2.45) is 5.92 Å². The maximum Gasteiger partial charge on any atom is 0.310 e. The van der Waals surface area contributed by atoms with Crippen LogP contribution in [0.3, 0.4) is 0 Å². The van der Waals surface area contributed by atoms with E-state index in [1.165, 1.54) is 0 Å². The predicted molar refractivity (Wildman–Crippen MR) is 72.3 cm³/mol. The highest BCUT2D eigenvalue weighted by molar-refractivity contribution is 6.31. The third kappa shape index (κ3) is 3.15. The molecule has 1 aliphatic rings. The highest BCUT2D eigenvalue weighted by Crippen LogP contribution is 2.20. The van der Waals surface area contributed by atoms with Gasteiger partial charge in [0.25, 0.3) is 5.91 Å². The summed E-state index contributed by atoms with van der Waals surface area (Å²) in [7, 11) is 0. The van der Waals surface area contributed by atoms with Crippen LogP contribution in [0.4, 0.5) is 0 Å². The number of rotatable bonds is 3. The number of nitrogens with one attached hydrogen (secondary N) is 1. The first kappa shape index (κ1) is 13.6. The Labute approximate surface area is 116 Å². The Morgan fingerprint density at radius 2 is 2.11 bits per heavy atom. The SMILES string of the molecule is Cc1ccc(Cl)cc1C(=O)NC1C=CC(C(=O)O)C1. The van der Waals surface area contributed by atoms with Gasteiger partial charge in [0.2, 0.25) is 0 Å². The monoisotopic (exact) mass is 279 g/mol. The summed E-state index contributed by atoms with van der Waals surface area (Å²) in [6.07, 6.45) is 3.72. The molecule has 2 N–H and O–H groups in total. The van der Waals surface area contributed by atoms with Gasteiger partial charge in [-0.2, -0.15) is 0 Å². The Kier molecular flexibility index (Phi) is 3.90. The summed E-state index contributed by atoms with van der Waals surface area (Å²) in [5.74, 6) is -1.63. The lowest BCUT2D eigenvalue weighted by atomic mass is 10.1. The van der Waals surface area contributed by atoms with Crippen LogP contribution >= 0.6 is 11.6 Å². The standard InChI is InChI=1S/C14H14ClNO3/c1-8-2-4-10(15)7-12(8)13(17)16-11-5-3-9(6-11)14(18)19/h2-5,7,9,11H,6H2,1H3,(H,16,17)(H,18,19). The van der Waals surface area contributed by atoms with Crippen LogP contribution in [0.5, 0.6) is 0 Å². The molecule has 2 rings (SSSR count). The molecule has 0 saturated heterocycles. The highest BCUT2D eigenvalue weighted by Gasteiger charge is 2.25. The average molecular weight is 280 g/mol. The van der Waals surface area contributed by atoms with Crippen molar-refractivity contribution in [2.75, 3.05) is 0 Å². The van der Waals surface area contributed by atoms with Gasteiger partial charge in [-0.05, 0) is 31.0 Å². The first-order valence-corrected chi connectivity index (χ1v) is 6.33. The minimum Gasteiger partial charge on any atom is -0.481 e. The lowest BCUT2D eigenvalue weighted by molar-refractivity contribution is -0.140. The largest absolute Gasteiger partial charge is 0.481 e. The minimum atomic E-state index is -0.869. The summed E-state index contributed by atoms with van der Waals surface area (Å²) in [6, 6.07) is 4.87. The lowest BCUT2D eigenvalue weighted by Gasteiger charge is -2.13. The van der Waals surface area contributed by atoms with Crippen molar-refractivity contribution >= 4 is 23.5 Å². The van der Waals surface area contributed by atoms with E-state index in [1.54, 1.807) is 30.4 Å². The number of benzene rings is 1. The molecule has 2 unspecified atom stereocenters. The van der Waals surface area contributed by atoms with Crippen LogP contribution in [-0.4, -0.2) is 23.0 Å². The van der Waals surface area contributed by atoms with E-state index in [9.17, 15) is 9.59 Å². The molecule has 0 bridgehead atoms. The van der Waals surface area contributed by atoms with Crippen LogP contribution < -0.4 is 5.32 Å². The van der Waals surface area contributed by atoms with Gasteiger partial charge in [-0.1, -0.05) is 29.8 Å². The van der Waals surface area contributed by atoms with E-state index in [0.717, 1.165) is 5.56 Å². The molecule has 1 amide bonds. The second kappa shape index (κ2) is 5.45. The number of carboxylic acids is 1. The van der Waals surface area contributed by atoms with Crippen molar-refractivity contribution in [3.8, 4) is 0 Å². The molecule has 0 spiro atoms. The summed E-state index contributed by atoms with van der Waals surface area (Å²) in [5.41, 5.74) is 1.35. The molecule has 1 aromatic carbocycles. The Bertz CT molecular complexity index is 554. The lowest BCUT2D eigenvalue weighted by Crippen LogP contribution is -2.33. The number of hydrogen-bond donors (Lipinski definition) is 2. The fourth-order valence-electron chi connectivity index (χ4n) is 2.07. The van der Waals surface area contributed by atoms with Gasteiger partial charge in [-0.15, -0.1) is 0 Å². The number of carbonyl (C=O) groups excluding carboxylic acids is 1. The van der Waals surface area contributed by atoms with Crippen LogP contribution in [0.15, 0.2) is 30.4 Å². The molecule has 1 aromatic rings. The Balaban J connectivity index is 2.05. The maximum absolute atomic E-state index is 12.1. The van der Waals surface area contributed by atoms with Gasteiger partial charge in [0.05, 0.1) is 5.92 Å². The molecule has 0 saturated carbocycles. The summed E-state index contributed by atoms with van der Waals surface area (Å²) >= 11 is 5.87. The fraction of sp³-hybridized carbons (Fsp3) is 0.286. The molecule has 1 aliphatic carbocycles. The normalized spacial score (nSPS) is 21.4. The van der Waals surface area contributed by atoms with Gasteiger partial charge in [-0.25, -0.2) is 0 Å². The van der Waals surface area contributed by atoms with E-state index >= 15 is 0 Å². The zero-order valence-corrected chi connectivity index (χ0v) is 11.1. The summed E-state index contributed by atoms with van der Waals surface area (Å²) in [5, 5.41) is 12.2. The minimum absolute atomic E-state index is 0.235. The molecule has 0 aromatic heterocycles. The van der Waals surface area contributed by atoms with Gasteiger partial charge in [-0.3, -0.25) is 9.59 Å². The molecule has 0 aliphatic heterocycles. The first-order valence-electron chi connectivity index (χ1n) is 5.95. The third-order valence-electron chi connectivity index (χ3n) is 3.16. The number of carboxylic acid groups (broad SMARTS) is 1. The van der Waals surface area contributed by atoms with E-state index in [4.69, 9.17) is 16.7 Å². The zero-order chi connectivity index (χ0) is 14.0. The quantitative estimate of drug-likeness (QED) is 0.835. The molecule has 0 fully saturated rings. The van der Waals surface area contributed by atoms with Crippen LogP contribution in [-0.2, 0) is 4.79 Å². The van der Waals surface area contributed by atoms with E-state index in [0.29, 0.717) is 17.0 Å². The van der Waals surface area contributed by atoms with E-state index in [1.807, 2.05) is 6.92 Å². The topological polar surface area (TPSA) is 66.4 Å². The van der Waals surface area contributed by atoms with E-state index in [2.05, 4.69) is 5.32 Å². The smallest absolute Gasteiger partial charge is 0.310 e. The zero-order valence-electron chi connectivity index (χ0n) is 10.4. The molecule has 2 atom stereocenters. The van der Waals surface area contributed by atoms with Crippen molar-refractivity contribution in [2.45, 2.75) is 19.4 Å². The molecule has 0 radical (unpaired) electrons. The molecular formula is C14H14ClNO3. The molecule has 19 heavy (non-hydrogen) atoms. The Morgan fingerprint density at radius 3 is 2.74 bits per heavy atom. The van der Waals surface area contributed by atoms with Gasteiger partial charge in [0, 0.05) is 16.6 Å². The fourth-order valence-corrected chi connectivity index (χ4v) is 2.25. The van der Waals surface area contributed by atoms with Crippen molar-refractivity contribution in [3.63, 3.8) is 0 Å². The maximum atomic E-state index is 12.1. The van der Waals surface area contributed by atoms with Crippen LogP contribution in [0.1, 0.15) is 22.3 Å². The predicted octanol–water partition coefficient (Wildman–Crippen LogP) is 2.41. The van der Waals surface area contributed by atoms with Crippen LogP contribution in [0.25, 0.3) is 0 Å². The number of aliphatic carboxylic acids is 1. The Morgan fingerprint density at radius 1 is 1.37 bits per heavy atom. The van der Waals surface area contributed by atoms with Crippen LogP contribution in [0, 0.1) is 12.8 Å². The second-order valence-electron chi connectivity index (χ2n) is 4.60. The van der Waals surface area contributed by atoms with Crippen molar-refractivity contribution < 1.29 is 14.7 Å². The second-order valence-corrected chi connectivity index (χ2v) is 5.04. The molecule has 100 valence electrons. The van der Waals surface area contributed by atoms with Gasteiger partial charge in [0.1, 0.15) is 0 Å². The van der Waals surface area contributed by atoms with Crippen LogP contribution in [0.2, 0.25) is 5.02 Å². The number of hydrogen-bond acceptors (Lipinski definition) is 2. The molecule has 4 nitrogen and oxygen atoms in total. The average Bonchev–Trinajstić information content (AvgIpc) is 2.80. The van der Waals surface area contributed by atoms with Gasteiger partial charge < -0.3 is 10.4 Å². The summed E-state index contributed by atoms with van der Waals surface area (Å²) in [4.78, 5) is 22.9. The number of aryl methyl sites for hydroxylation is 1. The van der Waals surface area contributed by atoms with E-state index < -0.39 is 11.9 Å². The van der Waals surface area contributed by atoms with Crippen molar-refractivity contribution in [3.05, 3.63) is 46.5 Å².